The predicted octanol–water partition coefficient (Wildman–Crippen LogP) is 0.627. The summed E-state index contributed by atoms with van der Waals surface area (Å²) in [6, 6.07) is 1.52. The van der Waals surface area contributed by atoms with Gasteiger partial charge in [0, 0.05) is 18.1 Å². The van der Waals surface area contributed by atoms with Crippen LogP contribution in [0.5, 0.6) is 0 Å². The van der Waals surface area contributed by atoms with Crippen molar-refractivity contribution in [1.82, 2.24) is 10.6 Å². The average molecular weight is 256 g/mol. The smallest absolute Gasteiger partial charge is 0.0814 e. The van der Waals surface area contributed by atoms with Crippen LogP contribution in [0.4, 0.5) is 0 Å². The maximum atomic E-state index is 9.75. The van der Waals surface area contributed by atoms with Crippen molar-refractivity contribution in [2.45, 2.75) is 76.3 Å². The molecule has 1 aliphatic carbocycles. The van der Waals surface area contributed by atoms with Gasteiger partial charge in [-0.1, -0.05) is 13.8 Å². The molecule has 0 aromatic rings. The quantitative estimate of drug-likeness (QED) is 0.596. The third-order valence-electron chi connectivity index (χ3n) is 4.43. The van der Waals surface area contributed by atoms with Crippen LogP contribution in [0.1, 0.15) is 46.0 Å². The Morgan fingerprint density at radius 2 is 1.89 bits per heavy atom. The molecule has 2 fully saturated rings. The Morgan fingerprint density at radius 1 is 1.17 bits per heavy atom. The van der Waals surface area contributed by atoms with Crippen LogP contribution in [0.25, 0.3) is 0 Å². The van der Waals surface area contributed by atoms with E-state index in [0.717, 1.165) is 19.4 Å². The number of fused-ring (bicyclic) bond motifs is 1. The van der Waals surface area contributed by atoms with Gasteiger partial charge in [0.1, 0.15) is 0 Å². The molecule has 5 unspecified atom stereocenters. The second-order valence-corrected chi connectivity index (χ2v) is 6.31. The number of nitrogens with one attached hydrogen (secondary N) is 2. The fourth-order valence-electron chi connectivity index (χ4n) is 3.34. The lowest BCUT2D eigenvalue weighted by Crippen LogP contribution is -2.55. The second-order valence-electron chi connectivity index (χ2n) is 6.31. The molecule has 4 N–H and O–H groups in total. The zero-order chi connectivity index (χ0) is 13.1. The molecular formula is C14H28N2O2. The van der Waals surface area contributed by atoms with Crippen molar-refractivity contribution >= 4 is 0 Å². The number of rotatable bonds is 4. The van der Waals surface area contributed by atoms with Gasteiger partial charge in [-0.05, 0) is 44.6 Å². The molecule has 5 atom stereocenters. The zero-order valence-electron chi connectivity index (χ0n) is 11.6. The number of hydrogen-bond donors (Lipinski definition) is 4. The minimum atomic E-state index is -0.536. The van der Waals surface area contributed by atoms with Crippen LogP contribution in [0.3, 0.4) is 0 Å². The lowest BCUT2D eigenvalue weighted by molar-refractivity contribution is -0.0477. The molecule has 1 heterocycles. The Bertz CT molecular complexity index is 260. The van der Waals surface area contributed by atoms with Gasteiger partial charge in [0.25, 0.3) is 0 Å². The first-order valence-corrected chi connectivity index (χ1v) is 7.42. The fourth-order valence-corrected chi connectivity index (χ4v) is 3.34. The number of aliphatic hydroxyl groups is 2. The van der Waals surface area contributed by atoms with Crippen LogP contribution in [0.15, 0.2) is 0 Å². The van der Waals surface area contributed by atoms with Crippen molar-refractivity contribution < 1.29 is 10.2 Å². The van der Waals surface area contributed by atoms with Crippen LogP contribution in [0.2, 0.25) is 0 Å². The van der Waals surface area contributed by atoms with Crippen molar-refractivity contribution in [2.24, 2.45) is 5.92 Å². The van der Waals surface area contributed by atoms with E-state index in [4.69, 9.17) is 0 Å². The Balaban J connectivity index is 1.75. The summed E-state index contributed by atoms with van der Waals surface area (Å²) in [5.41, 5.74) is 0. The van der Waals surface area contributed by atoms with E-state index in [9.17, 15) is 10.2 Å². The molecule has 0 aromatic carbocycles. The zero-order valence-corrected chi connectivity index (χ0v) is 11.6. The number of hydrogen-bond acceptors (Lipinski definition) is 4. The summed E-state index contributed by atoms with van der Waals surface area (Å²) >= 11 is 0. The normalized spacial score (nSPS) is 40.8. The lowest BCUT2D eigenvalue weighted by atomic mass is 9.75. The van der Waals surface area contributed by atoms with E-state index in [1.165, 1.54) is 12.8 Å². The van der Waals surface area contributed by atoms with Crippen molar-refractivity contribution in [2.75, 3.05) is 6.54 Å². The van der Waals surface area contributed by atoms with E-state index in [1.807, 2.05) is 0 Å². The third-order valence-corrected chi connectivity index (χ3v) is 4.43. The first kappa shape index (κ1) is 14.3. The SMILES string of the molecule is CC(C)NCCC1CCC2CC(O)C(O)CC2N1. The van der Waals surface area contributed by atoms with Crippen LogP contribution in [-0.2, 0) is 0 Å². The van der Waals surface area contributed by atoms with E-state index in [-0.39, 0.29) is 0 Å². The Kier molecular flexibility index (Phi) is 5.01. The molecule has 0 spiro atoms. The molecule has 18 heavy (non-hydrogen) atoms. The highest BCUT2D eigenvalue weighted by molar-refractivity contribution is 4.94. The molecule has 2 aliphatic rings. The number of aliphatic hydroxyl groups excluding tert-OH is 2. The van der Waals surface area contributed by atoms with Gasteiger partial charge in [-0.15, -0.1) is 0 Å². The minimum Gasteiger partial charge on any atom is -0.390 e. The first-order chi connectivity index (χ1) is 8.56. The van der Waals surface area contributed by atoms with Gasteiger partial charge in [-0.2, -0.15) is 0 Å². The predicted molar refractivity (Wildman–Crippen MR) is 72.4 cm³/mol. The van der Waals surface area contributed by atoms with Crippen molar-refractivity contribution in [3.8, 4) is 0 Å². The van der Waals surface area contributed by atoms with E-state index < -0.39 is 12.2 Å². The highest BCUT2D eigenvalue weighted by Crippen LogP contribution is 2.33. The van der Waals surface area contributed by atoms with Gasteiger partial charge < -0.3 is 20.8 Å². The molecule has 0 amide bonds. The largest absolute Gasteiger partial charge is 0.390 e. The Labute approximate surface area is 110 Å². The number of piperidine rings is 1. The molecule has 1 aliphatic heterocycles. The summed E-state index contributed by atoms with van der Waals surface area (Å²) in [6.07, 6.45) is 3.96. The maximum Gasteiger partial charge on any atom is 0.0814 e. The molecule has 0 bridgehead atoms. The third kappa shape index (κ3) is 3.67. The molecule has 1 saturated heterocycles. The van der Waals surface area contributed by atoms with Gasteiger partial charge >= 0.3 is 0 Å². The monoisotopic (exact) mass is 256 g/mol. The molecule has 0 radical (unpaired) electrons. The van der Waals surface area contributed by atoms with E-state index in [0.29, 0.717) is 30.5 Å². The molecule has 0 aromatic heterocycles. The minimum absolute atomic E-state index is 0.404. The Hall–Kier alpha value is -0.160. The van der Waals surface area contributed by atoms with Crippen molar-refractivity contribution in [3.05, 3.63) is 0 Å². The van der Waals surface area contributed by atoms with Crippen molar-refractivity contribution in [3.63, 3.8) is 0 Å². The van der Waals surface area contributed by atoms with Crippen LogP contribution < -0.4 is 10.6 Å². The van der Waals surface area contributed by atoms with Gasteiger partial charge in [-0.3, -0.25) is 0 Å². The first-order valence-electron chi connectivity index (χ1n) is 7.42. The molecule has 4 heteroatoms. The lowest BCUT2D eigenvalue weighted by Gasteiger charge is -2.43. The summed E-state index contributed by atoms with van der Waals surface area (Å²) in [5, 5.41) is 26.6. The maximum absolute atomic E-state index is 9.75. The van der Waals surface area contributed by atoms with Gasteiger partial charge in [0.15, 0.2) is 0 Å². The van der Waals surface area contributed by atoms with Gasteiger partial charge in [-0.25, -0.2) is 0 Å². The standard InChI is InChI=1S/C14H28N2O2/c1-9(2)15-6-5-11-4-3-10-7-13(17)14(18)8-12(10)16-11/h9-18H,3-8H2,1-2H3. The highest BCUT2D eigenvalue weighted by atomic mass is 16.3. The summed E-state index contributed by atoms with van der Waals surface area (Å²) < 4.78 is 0. The molecular weight excluding hydrogens is 228 g/mol. The second kappa shape index (κ2) is 6.33. The average Bonchev–Trinajstić information content (AvgIpc) is 2.30. The Morgan fingerprint density at radius 3 is 2.61 bits per heavy atom. The molecule has 1 saturated carbocycles. The molecule has 2 rings (SSSR count). The van der Waals surface area contributed by atoms with E-state index in [2.05, 4.69) is 24.5 Å². The topological polar surface area (TPSA) is 64.5 Å². The van der Waals surface area contributed by atoms with Crippen LogP contribution in [0, 0.1) is 5.92 Å². The summed E-state index contributed by atoms with van der Waals surface area (Å²) in [6.45, 7) is 5.39. The van der Waals surface area contributed by atoms with Crippen LogP contribution in [-0.4, -0.2) is 47.1 Å². The van der Waals surface area contributed by atoms with E-state index >= 15 is 0 Å². The van der Waals surface area contributed by atoms with Crippen molar-refractivity contribution in [1.29, 1.82) is 0 Å². The summed E-state index contributed by atoms with van der Waals surface area (Å²) in [7, 11) is 0. The van der Waals surface area contributed by atoms with Gasteiger partial charge in [0.05, 0.1) is 12.2 Å². The highest BCUT2D eigenvalue weighted by Gasteiger charge is 2.38. The molecule has 106 valence electrons. The molecule has 4 nitrogen and oxygen atoms in total. The fraction of sp³-hybridized carbons (Fsp3) is 1.00. The van der Waals surface area contributed by atoms with Gasteiger partial charge in [0.2, 0.25) is 0 Å². The summed E-state index contributed by atoms with van der Waals surface area (Å²) in [4.78, 5) is 0. The van der Waals surface area contributed by atoms with Crippen LogP contribution >= 0.6 is 0 Å². The summed E-state index contributed by atoms with van der Waals surface area (Å²) in [5.74, 6) is 0.553. The van der Waals surface area contributed by atoms with E-state index in [1.54, 1.807) is 0 Å².